The Morgan fingerprint density at radius 2 is 2.00 bits per heavy atom. The highest BCUT2D eigenvalue weighted by molar-refractivity contribution is 5.95. The molecule has 0 aliphatic heterocycles. The molecule has 2 rings (SSSR count). The summed E-state index contributed by atoms with van der Waals surface area (Å²) in [6.07, 6.45) is 4.50. The summed E-state index contributed by atoms with van der Waals surface area (Å²) >= 11 is 0. The van der Waals surface area contributed by atoms with Crippen LogP contribution in [0.4, 0.5) is 0 Å². The Morgan fingerprint density at radius 3 is 2.73 bits per heavy atom. The number of hydrogen-bond acceptors (Lipinski definition) is 5. The maximum Gasteiger partial charge on any atom is 0.286 e. The zero-order valence-electron chi connectivity index (χ0n) is 15.2. The van der Waals surface area contributed by atoms with Gasteiger partial charge in [0, 0.05) is 18.3 Å². The van der Waals surface area contributed by atoms with Gasteiger partial charge in [-0.3, -0.25) is 4.79 Å². The number of hydrogen-bond donors (Lipinski definition) is 2. The molecule has 6 heteroatoms. The molecule has 0 saturated carbocycles. The summed E-state index contributed by atoms with van der Waals surface area (Å²) in [5.74, 6) is -0.941. The van der Waals surface area contributed by atoms with Gasteiger partial charge in [-0.05, 0) is 38.3 Å². The first-order chi connectivity index (χ1) is 12.5. The average Bonchev–Trinajstić information content (AvgIpc) is 2.64. The third-order valence-corrected chi connectivity index (χ3v) is 3.61. The number of nitrogens with one attached hydrogen (secondary N) is 1. The summed E-state index contributed by atoms with van der Waals surface area (Å²) in [6, 6.07) is 11.9. The topological polar surface area (TPSA) is 84.3 Å². The Hall–Kier alpha value is -2.73. The molecule has 0 radical (unpaired) electrons. The van der Waals surface area contributed by atoms with Crippen LogP contribution in [0.3, 0.4) is 0 Å². The van der Waals surface area contributed by atoms with Crippen molar-refractivity contribution in [3.05, 3.63) is 65.4 Å². The maximum absolute atomic E-state index is 11.9. The van der Waals surface area contributed by atoms with Crippen LogP contribution in [0.1, 0.15) is 30.8 Å². The van der Waals surface area contributed by atoms with Gasteiger partial charge in [0.05, 0.1) is 18.4 Å². The second-order valence-electron chi connectivity index (χ2n) is 6.12. The van der Waals surface area contributed by atoms with Crippen molar-refractivity contribution < 1.29 is 14.6 Å². The third-order valence-electron chi connectivity index (χ3n) is 3.61. The van der Waals surface area contributed by atoms with E-state index in [1.807, 2.05) is 32.0 Å². The van der Waals surface area contributed by atoms with Gasteiger partial charge in [0.15, 0.2) is 5.76 Å². The van der Waals surface area contributed by atoms with Crippen LogP contribution < -0.4 is 5.32 Å². The summed E-state index contributed by atoms with van der Waals surface area (Å²) in [4.78, 5) is 20.2. The minimum atomic E-state index is -0.554. The molecule has 6 nitrogen and oxygen atoms in total. The van der Waals surface area contributed by atoms with E-state index in [4.69, 9.17) is 4.74 Å². The van der Waals surface area contributed by atoms with E-state index in [9.17, 15) is 9.90 Å². The number of amides is 1. The quantitative estimate of drug-likeness (QED) is 0.410. The molecule has 0 aliphatic rings. The second-order valence-corrected chi connectivity index (χ2v) is 6.12. The molecule has 1 aromatic carbocycles. The fourth-order valence-electron chi connectivity index (χ4n) is 2.30. The lowest BCUT2D eigenvalue weighted by Gasteiger charge is -2.08. The van der Waals surface area contributed by atoms with Gasteiger partial charge >= 0.3 is 0 Å². The smallest absolute Gasteiger partial charge is 0.286 e. The number of aromatic nitrogens is 2. The van der Waals surface area contributed by atoms with Crippen molar-refractivity contribution in [1.29, 1.82) is 0 Å². The van der Waals surface area contributed by atoms with Crippen molar-refractivity contribution in [2.75, 3.05) is 13.2 Å². The van der Waals surface area contributed by atoms with E-state index in [2.05, 4.69) is 27.4 Å². The number of nitrogens with zero attached hydrogens (tertiary/aromatic N) is 2. The molecular formula is C20H25N3O3. The SMILES string of the molecule is CC(C)OCCNC(=O)/C(O)=C/c1cc(CCc2ccccc2)ncn1. The molecule has 138 valence electrons. The molecule has 0 fully saturated rings. The van der Waals surface area contributed by atoms with Gasteiger partial charge in [-0.2, -0.15) is 0 Å². The summed E-state index contributed by atoms with van der Waals surface area (Å²) < 4.78 is 5.33. The molecular weight excluding hydrogens is 330 g/mol. The summed E-state index contributed by atoms with van der Waals surface area (Å²) in [7, 11) is 0. The van der Waals surface area contributed by atoms with Gasteiger partial charge in [-0.25, -0.2) is 9.97 Å². The highest BCUT2D eigenvalue weighted by Crippen LogP contribution is 2.08. The van der Waals surface area contributed by atoms with E-state index < -0.39 is 5.91 Å². The number of benzene rings is 1. The predicted octanol–water partition coefficient (Wildman–Crippen LogP) is 2.70. The number of carbonyl (C=O) groups is 1. The zero-order chi connectivity index (χ0) is 18.8. The minimum Gasteiger partial charge on any atom is -0.503 e. The summed E-state index contributed by atoms with van der Waals surface area (Å²) in [5.41, 5.74) is 2.58. The summed E-state index contributed by atoms with van der Waals surface area (Å²) in [5, 5.41) is 12.5. The molecule has 1 aromatic heterocycles. The summed E-state index contributed by atoms with van der Waals surface area (Å²) in [6.45, 7) is 4.57. The van der Waals surface area contributed by atoms with E-state index in [1.54, 1.807) is 6.07 Å². The highest BCUT2D eigenvalue weighted by atomic mass is 16.5. The molecule has 26 heavy (non-hydrogen) atoms. The first-order valence-corrected chi connectivity index (χ1v) is 8.70. The van der Waals surface area contributed by atoms with Gasteiger partial charge in [-0.15, -0.1) is 0 Å². The Morgan fingerprint density at radius 1 is 1.23 bits per heavy atom. The van der Waals surface area contributed by atoms with Crippen LogP contribution in [0, 0.1) is 0 Å². The normalized spacial score (nSPS) is 11.6. The number of rotatable bonds is 9. The molecule has 1 amide bonds. The van der Waals surface area contributed by atoms with Gasteiger partial charge in [0.2, 0.25) is 0 Å². The number of aryl methyl sites for hydroxylation is 2. The van der Waals surface area contributed by atoms with E-state index >= 15 is 0 Å². The van der Waals surface area contributed by atoms with E-state index in [-0.39, 0.29) is 11.9 Å². The fourth-order valence-corrected chi connectivity index (χ4v) is 2.30. The molecule has 0 aliphatic carbocycles. The first kappa shape index (κ1) is 19.6. The van der Waals surface area contributed by atoms with Crippen LogP contribution in [0.15, 0.2) is 48.5 Å². The highest BCUT2D eigenvalue weighted by Gasteiger charge is 2.08. The van der Waals surface area contributed by atoms with E-state index in [0.717, 1.165) is 18.5 Å². The van der Waals surface area contributed by atoms with E-state index in [1.165, 1.54) is 18.0 Å². The van der Waals surface area contributed by atoms with Crippen LogP contribution in [0.25, 0.3) is 6.08 Å². The van der Waals surface area contributed by atoms with Crippen LogP contribution in [-0.4, -0.2) is 40.2 Å². The number of aliphatic hydroxyl groups excluding tert-OH is 1. The Bertz CT molecular complexity index is 730. The van der Waals surface area contributed by atoms with Crippen LogP contribution in [0.5, 0.6) is 0 Å². The average molecular weight is 355 g/mol. The monoisotopic (exact) mass is 355 g/mol. The lowest BCUT2D eigenvalue weighted by Crippen LogP contribution is -2.29. The standard InChI is InChI=1S/C20H25N3O3/c1-15(2)26-11-10-21-20(25)19(24)13-18-12-17(22-14-23-18)9-8-16-6-4-3-5-7-16/h3-7,12-15,24H,8-11H2,1-2H3,(H,21,25)/b19-13-. The minimum absolute atomic E-state index is 0.103. The zero-order valence-corrected chi connectivity index (χ0v) is 15.2. The van der Waals surface area contributed by atoms with E-state index in [0.29, 0.717) is 18.8 Å². The van der Waals surface area contributed by atoms with Crippen molar-refractivity contribution >= 4 is 12.0 Å². The number of aliphatic hydroxyl groups is 1. The Balaban J connectivity index is 1.89. The number of ether oxygens (including phenoxy) is 1. The second kappa shape index (κ2) is 10.3. The molecule has 0 saturated heterocycles. The lowest BCUT2D eigenvalue weighted by atomic mass is 10.1. The van der Waals surface area contributed by atoms with Crippen molar-refractivity contribution in [2.45, 2.75) is 32.8 Å². The molecule has 1 heterocycles. The van der Waals surface area contributed by atoms with Gasteiger partial charge in [0.25, 0.3) is 5.91 Å². The molecule has 0 spiro atoms. The third kappa shape index (κ3) is 7.03. The fraction of sp³-hybridized carbons (Fsp3) is 0.350. The maximum atomic E-state index is 11.9. The molecule has 0 bridgehead atoms. The Kier molecular flexibility index (Phi) is 7.76. The van der Waals surface area contributed by atoms with Crippen molar-refractivity contribution in [1.82, 2.24) is 15.3 Å². The van der Waals surface area contributed by atoms with Gasteiger partial charge in [0.1, 0.15) is 6.33 Å². The molecule has 0 unspecified atom stereocenters. The first-order valence-electron chi connectivity index (χ1n) is 8.70. The molecule has 2 aromatic rings. The van der Waals surface area contributed by atoms with Crippen LogP contribution >= 0.6 is 0 Å². The largest absolute Gasteiger partial charge is 0.503 e. The van der Waals surface area contributed by atoms with Crippen LogP contribution in [0.2, 0.25) is 0 Å². The van der Waals surface area contributed by atoms with Crippen molar-refractivity contribution in [2.24, 2.45) is 0 Å². The van der Waals surface area contributed by atoms with Gasteiger partial charge < -0.3 is 15.2 Å². The van der Waals surface area contributed by atoms with Crippen molar-refractivity contribution in [3.63, 3.8) is 0 Å². The molecule has 0 atom stereocenters. The Labute approximate surface area is 154 Å². The predicted molar refractivity (Wildman–Crippen MR) is 101 cm³/mol. The van der Waals surface area contributed by atoms with Crippen molar-refractivity contribution in [3.8, 4) is 0 Å². The van der Waals surface area contributed by atoms with Gasteiger partial charge in [-0.1, -0.05) is 30.3 Å². The lowest BCUT2D eigenvalue weighted by molar-refractivity contribution is -0.120. The number of carbonyl (C=O) groups excluding carboxylic acids is 1. The molecule has 2 N–H and O–H groups in total. The van der Waals surface area contributed by atoms with Crippen LogP contribution in [-0.2, 0) is 22.4 Å².